The van der Waals surface area contributed by atoms with Crippen molar-refractivity contribution >= 4 is 11.8 Å². The van der Waals surface area contributed by atoms with E-state index >= 15 is 0 Å². The van der Waals surface area contributed by atoms with E-state index in [1.165, 1.54) is 12.1 Å². The van der Waals surface area contributed by atoms with Gasteiger partial charge >= 0.3 is 12.3 Å². The van der Waals surface area contributed by atoms with E-state index in [2.05, 4.69) is 5.32 Å². The molecule has 0 aromatic heterocycles. The molecule has 0 radical (unpaired) electrons. The van der Waals surface area contributed by atoms with Crippen molar-refractivity contribution in [1.82, 2.24) is 0 Å². The number of nitrogens with one attached hydrogen (secondary N) is 1. The van der Waals surface area contributed by atoms with Gasteiger partial charge in [0.2, 0.25) is 0 Å². The Morgan fingerprint density at radius 1 is 1.00 bits per heavy atom. The van der Waals surface area contributed by atoms with Gasteiger partial charge in [-0.2, -0.15) is 13.2 Å². The van der Waals surface area contributed by atoms with Gasteiger partial charge in [-0.05, 0) is 30.3 Å². The van der Waals surface area contributed by atoms with E-state index in [0.29, 0.717) is 5.69 Å². The molecule has 0 spiro atoms. The maximum absolute atomic E-state index is 12.5. The second-order valence-electron chi connectivity index (χ2n) is 3.91. The Bertz CT molecular complexity index is 597. The molecule has 0 heterocycles. The molecule has 6 heteroatoms. The lowest BCUT2D eigenvalue weighted by Crippen LogP contribution is -2.17. The van der Waals surface area contributed by atoms with Gasteiger partial charge in [0, 0.05) is 5.69 Å². The first-order chi connectivity index (χ1) is 9.45. The first-order valence-electron chi connectivity index (χ1n) is 5.66. The maximum Gasteiger partial charge on any atom is 0.417 e. The van der Waals surface area contributed by atoms with Crippen molar-refractivity contribution in [1.29, 1.82) is 0 Å². The molecule has 0 unspecified atom stereocenters. The van der Waals surface area contributed by atoms with Crippen molar-refractivity contribution in [3.05, 3.63) is 60.2 Å². The number of hydrogen-bond acceptors (Lipinski definition) is 2. The van der Waals surface area contributed by atoms with Crippen LogP contribution in [0.4, 0.5) is 23.7 Å². The third kappa shape index (κ3) is 3.74. The number of carbonyl (C=O) groups excluding carboxylic acids is 1. The van der Waals surface area contributed by atoms with Crippen molar-refractivity contribution in [3.8, 4) is 5.75 Å². The van der Waals surface area contributed by atoms with Crippen LogP contribution in [0.15, 0.2) is 54.6 Å². The van der Waals surface area contributed by atoms with Gasteiger partial charge in [0.25, 0.3) is 0 Å². The SMILES string of the molecule is O=C(Nc1ccccc1)Oc1cccc(C(F)(F)F)c1. The standard InChI is InChI=1S/C14H10F3NO2/c15-14(16,17)10-5-4-8-12(9-10)20-13(19)18-11-6-2-1-3-7-11/h1-9H,(H,18,19). The first kappa shape index (κ1) is 13.9. The summed E-state index contributed by atoms with van der Waals surface area (Å²) < 4.78 is 42.3. The minimum atomic E-state index is -4.48. The molecule has 0 aliphatic carbocycles. The Hall–Kier alpha value is -2.50. The van der Waals surface area contributed by atoms with Crippen LogP contribution in [0.25, 0.3) is 0 Å². The van der Waals surface area contributed by atoms with Crippen LogP contribution in [0, 0.1) is 0 Å². The van der Waals surface area contributed by atoms with Crippen molar-refractivity contribution in [2.75, 3.05) is 5.32 Å². The fourth-order valence-electron chi connectivity index (χ4n) is 1.51. The number of rotatable bonds is 2. The van der Waals surface area contributed by atoms with Gasteiger partial charge in [-0.1, -0.05) is 24.3 Å². The highest BCUT2D eigenvalue weighted by atomic mass is 19.4. The number of amides is 1. The molecule has 0 aliphatic heterocycles. The topological polar surface area (TPSA) is 38.3 Å². The number of halogens is 3. The van der Waals surface area contributed by atoms with Crippen LogP contribution in [0.2, 0.25) is 0 Å². The molecule has 3 nitrogen and oxygen atoms in total. The zero-order chi connectivity index (χ0) is 14.6. The number of carbonyl (C=O) groups is 1. The van der Waals surface area contributed by atoms with Crippen LogP contribution in [0.5, 0.6) is 5.75 Å². The number of anilines is 1. The lowest BCUT2D eigenvalue weighted by Gasteiger charge is -2.09. The molecular weight excluding hydrogens is 271 g/mol. The minimum Gasteiger partial charge on any atom is -0.410 e. The van der Waals surface area contributed by atoms with Gasteiger partial charge in [0.05, 0.1) is 5.56 Å². The molecule has 2 rings (SSSR count). The monoisotopic (exact) mass is 281 g/mol. The molecule has 2 aromatic carbocycles. The van der Waals surface area contributed by atoms with E-state index in [0.717, 1.165) is 12.1 Å². The summed E-state index contributed by atoms with van der Waals surface area (Å²) in [6, 6.07) is 12.6. The van der Waals surface area contributed by atoms with Crippen LogP contribution in [-0.2, 0) is 6.18 Å². The predicted molar refractivity (Wildman–Crippen MR) is 67.5 cm³/mol. The summed E-state index contributed by atoms with van der Waals surface area (Å²) >= 11 is 0. The van der Waals surface area contributed by atoms with Gasteiger partial charge in [0.15, 0.2) is 0 Å². The molecule has 1 amide bonds. The van der Waals surface area contributed by atoms with Crippen molar-refractivity contribution in [3.63, 3.8) is 0 Å². The van der Waals surface area contributed by atoms with E-state index in [9.17, 15) is 18.0 Å². The number of hydrogen-bond donors (Lipinski definition) is 1. The summed E-state index contributed by atoms with van der Waals surface area (Å²) in [5, 5.41) is 2.41. The molecule has 0 saturated heterocycles. The fraction of sp³-hybridized carbons (Fsp3) is 0.0714. The lowest BCUT2D eigenvalue weighted by atomic mass is 10.2. The van der Waals surface area contributed by atoms with Crippen molar-refractivity contribution in [2.24, 2.45) is 0 Å². The van der Waals surface area contributed by atoms with Crippen LogP contribution in [0.1, 0.15) is 5.56 Å². The molecule has 20 heavy (non-hydrogen) atoms. The summed E-state index contributed by atoms with van der Waals surface area (Å²) in [4.78, 5) is 11.5. The van der Waals surface area contributed by atoms with Crippen LogP contribution in [0.3, 0.4) is 0 Å². The molecule has 0 aliphatic rings. The smallest absolute Gasteiger partial charge is 0.410 e. The largest absolute Gasteiger partial charge is 0.417 e. The molecule has 0 saturated carbocycles. The van der Waals surface area contributed by atoms with Gasteiger partial charge in [-0.3, -0.25) is 5.32 Å². The van der Waals surface area contributed by atoms with E-state index in [4.69, 9.17) is 4.74 Å². The van der Waals surface area contributed by atoms with E-state index in [-0.39, 0.29) is 5.75 Å². The van der Waals surface area contributed by atoms with E-state index in [1.54, 1.807) is 30.3 Å². The van der Waals surface area contributed by atoms with Gasteiger partial charge in [0.1, 0.15) is 5.75 Å². The molecule has 2 aromatic rings. The van der Waals surface area contributed by atoms with Gasteiger partial charge in [-0.25, -0.2) is 4.79 Å². The van der Waals surface area contributed by atoms with E-state index in [1.807, 2.05) is 0 Å². The molecule has 104 valence electrons. The third-order valence-electron chi connectivity index (χ3n) is 2.39. The number of benzene rings is 2. The minimum absolute atomic E-state index is 0.173. The van der Waals surface area contributed by atoms with Crippen molar-refractivity contribution in [2.45, 2.75) is 6.18 Å². The number of ether oxygens (including phenoxy) is 1. The quantitative estimate of drug-likeness (QED) is 0.890. The second kappa shape index (κ2) is 5.64. The third-order valence-corrected chi connectivity index (χ3v) is 2.39. The zero-order valence-corrected chi connectivity index (χ0v) is 10.1. The highest BCUT2D eigenvalue weighted by molar-refractivity contribution is 5.86. The Morgan fingerprint density at radius 2 is 1.70 bits per heavy atom. The van der Waals surface area contributed by atoms with Crippen LogP contribution >= 0.6 is 0 Å². The molecule has 0 fully saturated rings. The normalized spacial score (nSPS) is 10.9. The molecule has 0 atom stereocenters. The zero-order valence-electron chi connectivity index (χ0n) is 10.1. The highest BCUT2D eigenvalue weighted by Crippen LogP contribution is 2.31. The molecule has 0 bridgehead atoms. The summed E-state index contributed by atoms with van der Waals surface area (Å²) in [6.07, 6.45) is -5.33. The Labute approximate surface area is 113 Å². The second-order valence-corrected chi connectivity index (χ2v) is 3.91. The van der Waals surface area contributed by atoms with E-state index < -0.39 is 17.8 Å². The maximum atomic E-state index is 12.5. The Kier molecular flexibility index (Phi) is 3.93. The van der Waals surface area contributed by atoms with Gasteiger partial charge in [-0.15, -0.1) is 0 Å². The van der Waals surface area contributed by atoms with Crippen molar-refractivity contribution < 1.29 is 22.7 Å². The summed E-state index contributed by atoms with van der Waals surface area (Å²) in [6.45, 7) is 0. The molecular formula is C14H10F3NO2. The predicted octanol–water partition coefficient (Wildman–Crippen LogP) is 4.32. The summed E-state index contributed by atoms with van der Waals surface area (Å²) in [5.41, 5.74) is -0.382. The fourth-order valence-corrected chi connectivity index (χ4v) is 1.51. The lowest BCUT2D eigenvalue weighted by molar-refractivity contribution is -0.137. The van der Waals surface area contributed by atoms with Gasteiger partial charge < -0.3 is 4.74 Å². The Morgan fingerprint density at radius 3 is 2.35 bits per heavy atom. The first-order valence-corrected chi connectivity index (χ1v) is 5.66. The highest BCUT2D eigenvalue weighted by Gasteiger charge is 2.30. The Balaban J connectivity index is 2.05. The summed E-state index contributed by atoms with van der Waals surface area (Å²) in [7, 11) is 0. The van der Waals surface area contributed by atoms with Crippen LogP contribution in [-0.4, -0.2) is 6.09 Å². The molecule has 1 N–H and O–H groups in total. The average Bonchev–Trinajstić information content (AvgIpc) is 2.39. The van der Waals surface area contributed by atoms with Crippen LogP contribution < -0.4 is 10.1 Å². The number of alkyl halides is 3. The average molecular weight is 281 g/mol. The number of para-hydroxylation sites is 1. The summed E-state index contributed by atoms with van der Waals surface area (Å²) in [5.74, 6) is -0.173.